The van der Waals surface area contributed by atoms with Crippen LogP contribution >= 0.6 is 0 Å². The number of hydrogen-bond acceptors (Lipinski definition) is 0. The van der Waals surface area contributed by atoms with Gasteiger partial charge >= 0.3 is 0 Å². The monoisotopic (exact) mass is 110 g/mol. The molecule has 0 spiro atoms. The molecule has 0 nitrogen and oxygen atoms in total. The predicted octanol–water partition coefficient (Wildman–Crippen LogP) is 2.30. The highest BCUT2D eigenvalue weighted by atomic mass is 14.6. The first-order valence-corrected chi connectivity index (χ1v) is 3.84. The lowest BCUT2D eigenvalue weighted by molar-refractivity contribution is 0.317. The van der Waals surface area contributed by atoms with E-state index in [-0.39, 0.29) is 0 Å². The Balaban J connectivity index is 1.94. The molecule has 0 heterocycles. The number of hydrogen-bond donors (Lipinski definition) is 0. The summed E-state index contributed by atoms with van der Waals surface area (Å²) in [6, 6.07) is 0. The fraction of sp³-hybridized carbons (Fsp3) is 1.00. The van der Waals surface area contributed by atoms with Gasteiger partial charge in [-0.1, -0.05) is 20.3 Å². The molecule has 0 bridgehead atoms. The molecule has 0 saturated heterocycles. The lowest BCUT2D eigenvalue weighted by atomic mass is 9.88. The molecule has 46 valence electrons. The molecule has 2 rings (SSSR count). The zero-order valence-electron chi connectivity index (χ0n) is 5.72. The molecule has 0 aromatic carbocycles. The minimum atomic E-state index is 1.09. The van der Waals surface area contributed by atoms with Gasteiger partial charge in [0, 0.05) is 0 Å². The van der Waals surface area contributed by atoms with Gasteiger partial charge in [0.25, 0.3) is 0 Å². The maximum Gasteiger partial charge on any atom is -0.0326 e. The molecular weight excluding hydrogens is 96.1 g/mol. The van der Waals surface area contributed by atoms with E-state index in [1.807, 2.05) is 0 Å². The van der Waals surface area contributed by atoms with Crippen molar-refractivity contribution in [1.29, 1.82) is 0 Å². The van der Waals surface area contributed by atoms with Crippen molar-refractivity contribution in [3.63, 3.8) is 0 Å². The first kappa shape index (κ1) is 4.84. The second kappa shape index (κ2) is 1.29. The third-order valence-electron chi connectivity index (χ3n) is 3.17. The third kappa shape index (κ3) is 0.375. The van der Waals surface area contributed by atoms with Crippen LogP contribution in [0.4, 0.5) is 0 Å². The van der Waals surface area contributed by atoms with Gasteiger partial charge in [-0.25, -0.2) is 0 Å². The Labute approximate surface area is 51.3 Å². The van der Waals surface area contributed by atoms with Gasteiger partial charge in [0.15, 0.2) is 0 Å². The van der Waals surface area contributed by atoms with E-state index in [9.17, 15) is 0 Å². The van der Waals surface area contributed by atoms with Gasteiger partial charge in [-0.2, -0.15) is 0 Å². The van der Waals surface area contributed by atoms with Crippen LogP contribution in [0.3, 0.4) is 0 Å². The standard InChI is InChI=1S/C8H14/c1-3-6-7-4-5(2)8(6)7/h5-8H,3-4H2,1-2H3. The molecule has 2 fully saturated rings. The van der Waals surface area contributed by atoms with Crippen LogP contribution in [-0.4, -0.2) is 0 Å². The Kier molecular flexibility index (Phi) is 0.778. The van der Waals surface area contributed by atoms with Crippen LogP contribution in [0.5, 0.6) is 0 Å². The predicted molar refractivity (Wildman–Crippen MR) is 34.5 cm³/mol. The number of fused-ring (bicyclic) bond motifs is 1. The second-order valence-corrected chi connectivity index (χ2v) is 3.53. The summed E-state index contributed by atoms with van der Waals surface area (Å²) in [6.07, 6.45) is 2.99. The average Bonchev–Trinajstić information content (AvgIpc) is 2.34. The molecule has 0 aromatic rings. The van der Waals surface area contributed by atoms with E-state index in [0.717, 1.165) is 11.8 Å². The van der Waals surface area contributed by atoms with Gasteiger partial charge in [0.05, 0.1) is 0 Å². The van der Waals surface area contributed by atoms with Gasteiger partial charge in [-0.05, 0) is 30.1 Å². The molecule has 4 unspecified atom stereocenters. The van der Waals surface area contributed by atoms with Crippen LogP contribution in [0, 0.1) is 23.7 Å². The molecule has 0 amide bonds. The lowest BCUT2D eigenvalue weighted by Gasteiger charge is -2.18. The van der Waals surface area contributed by atoms with Gasteiger partial charge < -0.3 is 0 Å². The van der Waals surface area contributed by atoms with Crippen molar-refractivity contribution >= 4 is 0 Å². The maximum absolute atomic E-state index is 2.40. The number of rotatable bonds is 1. The molecule has 2 saturated carbocycles. The summed E-state index contributed by atoms with van der Waals surface area (Å²) in [5.74, 6) is 4.62. The minimum absolute atomic E-state index is 1.09. The lowest BCUT2D eigenvalue weighted by Crippen LogP contribution is -2.10. The van der Waals surface area contributed by atoms with E-state index < -0.39 is 0 Å². The SMILES string of the molecule is CCC1C2CC(C)C12. The summed E-state index contributed by atoms with van der Waals surface area (Å²) in [7, 11) is 0. The summed E-state index contributed by atoms with van der Waals surface area (Å²) in [4.78, 5) is 0. The van der Waals surface area contributed by atoms with Crippen molar-refractivity contribution in [3.05, 3.63) is 0 Å². The van der Waals surface area contributed by atoms with Crippen molar-refractivity contribution < 1.29 is 0 Å². The molecule has 0 aromatic heterocycles. The fourth-order valence-corrected chi connectivity index (χ4v) is 2.62. The molecule has 0 heteroatoms. The van der Waals surface area contributed by atoms with E-state index in [1.165, 1.54) is 18.3 Å². The summed E-state index contributed by atoms with van der Waals surface area (Å²) < 4.78 is 0. The van der Waals surface area contributed by atoms with Gasteiger partial charge in [0.1, 0.15) is 0 Å². The van der Waals surface area contributed by atoms with E-state index in [1.54, 1.807) is 6.42 Å². The van der Waals surface area contributed by atoms with Gasteiger partial charge in [-0.15, -0.1) is 0 Å². The van der Waals surface area contributed by atoms with Crippen LogP contribution < -0.4 is 0 Å². The van der Waals surface area contributed by atoms with Crippen LogP contribution in [0.25, 0.3) is 0 Å². The van der Waals surface area contributed by atoms with E-state index in [4.69, 9.17) is 0 Å². The van der Waals surface area contributed by atoms with Crippen molar-refractivity contribution in [2.24, 2.45) is 23.7 Å². The summed E-state index contributed by atoms with van der Waals surface area (Å²) in [5.41, 5.74) is 0. The smallest absolute Gasteiger partial charge is 0.0326 e. The van der Waals surface area contributed by atoms with Crippen LogP contribution in [0.15, 0.2) is 0 Å². The van der Waals surface area contributed by atoms with Crippen LogP contribution in [-0.2, 0) is 0 Å². The fourth-order valence-electron chi connectivity index (χ4n) is 2.62. The van der Waals surface area contributed by atoms with E-state index >= 15 is 0 Å². The van der Waals surface area contributed by atoms with Crippen molar-refractivity contribution in [2.45, 2.75) is 26.7 Å². The largest absolute Gasteiger partial charge is 0.0651 e. The Morgan fingerprint density at radius 1 is 1.50 bits per heavy atom. The first-order chi connectivity index (χ1) is 3.84. The quantitative estimate of drug-likeness (QED) is 0.486. The Bertz CT molecular complexity index is 103. The normalized spacial score (nSPS) is 59.2. The maximum atomic E-state index is 2.40. The Morgan fingerprint density at radius 3 is 2.38 bits per heavy atom. The molecule has 2 aliphatic rings. The highest BCUT2D eigenvalue weighted by Crippen LogP contribution is 2.65. The minimum Gasteiger partial charge on any atom is -0.0651 e. The molecule has 0 N–H and O–H groups in total. The summed E-state index contributed by atoms with van der Waals surface area (Å²) in [5, 5.41) is 0. The average molecular weight is 110 g/mol. The third-order valence-corrected chi connectivity index (χ3v) is 3.17. The van der Waals surface area contributed by atoms with E-state index in [2.05, 4.69) is 13.8 Å². The van der Waals surface area contributed by atoms with Crippen molar-refractivity contribution in [2.75, 3.05) is 0 Å². The molecule has 2 aliphatic carbocycles. The molecule has 0 aliphatic heterocycles. The Morgan fingerprint density at radius 2 is 2.25 bits per heavy atom. The highest BCUT2D eigenvalue weighted by Gasteiger charge is 2.59. The zero-order valence-corrected chi connectivity index (χ0v) is 5.72. The summed E-state index contributed by atoms with van der Waals surface area (Å²) >= 11 is 0. The molecule has 8 heavy (non-hydrogen) atoms. The Hall–Kier alpha value is 0. The highest BCUT2D eigenvalue weighted by molar-refractivity contribution is 5.07. The molecule has 4 atom stereocenters. The second-order valence-electron chi connectivity index (χ2n) is 3.53. The first-order valence-electron chi connectivity index (χ1n) is 3.84. The summed E-state index contributed by atoms with van der Waals surface area (Å²) in [6.45, 7) is 4.73. The van der Waals surface area contributed by atoms with E-state index in [0.29, 0.717) is 0 Å². The van der Waals surface area contributed by atoms with Crippen LogP contribution in [0.1, 0.15) is 26.7 Å². The molecular formula is C8H14. The van der Waals surface area contributed by atoms with Gasteiger partial charge in [-0.3, -0.25) is 0 Å². The zero-order chi connectivity index (χ0) is 5.72. The van der Waals surface area contributed by atoms with Crippen molar-refractivity contribution in [3.8, 4) is 0 Å². The van der Waals surface area contributed by atoms with Gasteiger partial charge in [0.2, 0.25) is 0 Å². The topological polar surface area (TPSA) is 0 Å². The van der Waals surface area contributed by atoms with Crippen LogP contribution in [0.2, 0.25) is 0 Å². The van der Waals surface area contributed by atoms with Crippen molar-refractivity contribution in [1.82, 2.24) is 0 Å². The molecule has 0 radical (unpaired) electrons.